The summed E-state index contributed by atoms with van der Waals surface area (Å²) < 4.78 is 7.68. The molecule has 3 aliphatic rings. The Hall–Kier alpha value is -3.29. The van der Waals surface area contributed by atoms with Gasteiger partial charge in [-0.15, -0.1) is 0 Å². The van der Waals surface area contributed by atoms with E-state index in [2.05, 4.69) is 10.2 Å². The standard InChI is InChI=1S/C28H36N4O4/c1-2-36-25-11-7-6-10-24(25)30-14-16-31(17-15-30)28(35)23-19-32(21-12-13-21)18-22(26(23)33)27(34)29-20-8-4-3-5-9-20/h6-7,10-11,18-21H,2-5,8-9,12-17H2,1H3,(H,29,34). The molecular weight excluding hydrogens is 456 g/mol. The van der Waals surface area contributed by atoms with Crippen LogP contribution in [-0.2, 0) is 0 Å². The maximum absolute atomic E-state index is 13.5. The van der Waals surface area contributed by atoms with E-state index in [1.165, 1.54) is 6.42 Å². The third kappa shape index (κ3) is 5.27. The van der Waals surface area contributed by atoms with E-state index in [4.69, 9.17) is 4.74 Å². The maximum atomic E-state index is 13.5. The number of amides is 2. The Morgan fingerprint density at radius 2 is 1.64 bits per heavy atom. The van der Waals surface area contributed by atoms with Gasteiger partial charge in [0, 0.05) is 50.7 Å². The van der Waals surface area contributed by atoms with Crippen LogP contribution < -0.4 is 20.4 Å². The highest BCUT2D eigenvalue weighted by atomic mass is 16.5. The van der Waals surface area contributed by atoms with Crippen LogP contribution in [0.15, 0.2) is 41.5 Å². The molecule has 2 heterocycles. The van der Waals surface area contributed by atoms with Crippen molar-refractivity contribution in [2.24, 2.45) is 0 Å². The summed E-state index contributed by atoms with van der Waals surface area (Å²) in [5, 5.41) is 3.05. The minimum Gasteiger partial charge on any atom is -0.492 e. The summed E-state index contributed by atoms with van der Waals surface area (Å²) in [4.78, 5) is 44.0. The first-order valence-corrected chi connectivity index (χ1v) is 13.4. The van der Waals surface area contributed by atoms with Crippen molar-refractivity contribution in [2.75, 3.05) is 37.7 Å². The van der Waals surface area contributed by atoms with Gasteiger partial charge in [-0.2, -0.15) is 0 Å². The Bertz CT molecular complexity index is 1160. The highest BCUT2D eigenvalue weighted by Crippen LogP contribution is 2.35. The van der Waals surface area contributed by atoms with Gasteiger partial charge in [0.15, 0.2) is 0 Å². The van der Waals surface area contributed by atoms with Gasteiger partial charge in [0.05, 0.1) is 12.3 Å². The molecule has 1 aromatic heterocycles. The summed E-state index contributed by atoms with van der Waals surface area (Å²) >= 11 is 0. The van der Waals surface area contributed by atoms with Crippen molar-refractivity contribution < 1.29 is 14.3 Å². The second-order valence-corrected chi connectivity index (χ2v) is 10.1. The molecule has 2 amide bonds. The third-order valence-corrected chi connectivity index (χ3v) is 7.50. The summed E-state index contributed by atoms with van der Waals surface area (Å²) in [6.07, 6.45) is 10.6. The Labute approximate surface area is 212 Å². The van der Waals surface area contributed by atoms with Gasteiger partial charge in [0.1, 0.15) is 16.9 Å². The molecular formula is C28H36N4O4. The molecule has 0 radical (unpaired) electrons. The number of rotatable bonds is 7. The predicted octanol–water partition coefficient (Wildman–Crippen LogP) is 3.61. The normalized spacial score (nSPS) is 18.7. The molecule has 0 bridgehead atoms. The zero-order valence-corrected chi connectivity index (χ0v) is 21.1. The van der Waals surface area contributed by atoms with Crippen molar-refractivity contribution in [3.8, 4) is 5.75 Å². The Kier molecular flexibility index (Phi) is 7.30. The molecule has 1 saturated heterocycles. The van der Waals surface area contributed by atoms with Gasteiger partial charge in [0.2, 0.25) is 5.43 Å². The summed E-state index contributed by atoms with van der Waals surface area (Å²) in [5.74, 6) is 0.191. The molecule has 2 saturated carbocycles. The second-order valence-electron chi connectivity index (χ2n) is 10.1. The SMILES string of the molecule is CCOc1ccccc1N1CCN(C(=O)c2cn(C3CC3)cc(C(=O)NC3CCCCC3)c2=O)CC1. The number of nitrogens with one attached hydrogen (secondary N) is 1. The van der Waals surface area contributed by atoms with Crippen LogP contribution in [0.3, 0.4) is 0 Å². The van der Waals surface area contributed by atoms with Crippen molar-refractivity contribution >= 4 is 17.5 Å². The molecule has 0 spiro atoms. The molecule has 0 atom stereocenters. The van der Waals surface area contributed by atoms with Gasteiger partial charge in [-0.05, 0) is 44.7 Å². The maximum Gasteiger partial charge on any atom is 0.259 e. The fourth-order valence-electron chi connectivity index (χ4n) is 5.32. The fourth-order valence-corrected chi connectivity index (χ4v) is 5.32. The summed E-state index contributed by atoms with van der Waals surface area (Å²) in [6, 6.07) is 8.29. The van der Waals surface area contributed by atoms with E-state index in [0.29, 0.717) is 32.8 Å². The number of ether oxygens (including phenoxy) is 1. The van der Waals surface area contributed by atoms with Gasteiger partial charge < -0.3 is 24.4 Å². The number of aromatic nitrogens is 1. The van der Waals surface area contributed by atoms with Crippen LogP contribution in [0.2, 0.25) is 0 Å². The highest BCUT2D eigenvalue weighted by Gasteiger charge is 2.31. The van der Waals surface area contributed by atoms with Crippen molar-refractivity contribution in [2.45, 2.75) is 64.0 Å². The molecule has 1 N–H and O–H groups in total. The van der Waals surface area contributed by atoms with Gasteiger partial charge in [-0.3, -0.25) is 14.4 Å². The smallest absolute Gasteiger partial charge is 0.259 e. The quantitative estimate of drug-likeness (QED) is 0.639. The van der Waals surface area contributed by atoms with Gasteiger partial charge in [-0.25, -0.2) is 0 Å². The van der Waals surface area contributed by atoms with Crippen molar-refractivity contribution in [1.82, 2.24) is 14.8 Å². The van der Waals surface area contributed by atoms with Crippen molar-refractivity contribution in [3.63, 3.8) is 0 Å². The van der Waals surface area contributed by atoms with Crippen LogP contribution in [0.25, 0.3) is 0 Å². The van der Waals surface area contributed by atoms with E-state index >= 15 is 0 Å². The summed E-state index contributed by atoms with van der Waals surface area (Å²) in [7, 11) is 0. The Morgan fingerprint density at radius 1 is 0.944 bits per heavy atom. The number of benzene rings is 1. The molecule has 1 aliphatic heterocycles. The topological polar surface area (TPSA) is 83.9 Å². The monoisotopic (exact) mass is 492 g/mol. The lowest BCUT2D eigenvalue weighted by Crippen LogP contribution is -2.50. The number of carbonyl (C=O) groups is 2. The van der Waals surface area contributed by atoms with Gasteiger partial charge in [0.25, 0.3) is 11.8 Å². The van der Waals surface area contributed by atoms with Crippen LogP contribution in [0.4, 0.5) is 5.69 Å². The fraction of sp³-hybridized carbons (Fsp3) is 0.536. The molecule has 3 fully saturated rings. The van der Waals surface area contributed by atoms with E-state index in [1.807, 2.05) is 35.8 Å². The average molecular weight is 493 g/mol. The van der Waals surface area contributed by atoms with Crippen LogP contribution in [0.5, 0.6) is 5.75 Å². The molecule has 36 heavy (non-hydrogen) atoms. The summed E-state index contributed by atoms with van der Waals surface area (Å²) in [5.41, 5.74) is 0.738. The molecule has 192 valence electrons. The second kappa shape index (κ2) is 10.8. The molecule has 1 aromatic carbocycles. The van der Waals surface area contributed by atoms with E-state index in [0.717, 1.165) is 50.0 Å². The number of para-hydroxylation sites is 2. The third-order valence-electron chi connectivity index (χ3n) is 7.50. The lowest BCUT2D eigenvalue weighted by molar-refractivity contribution is 0.0744. The largest absolute Gasteiger partial charge is 0.492 e. The first-order chi connectivity index (χ1) is 17.5. The van der Waals surface area contributed by atoms with Crippen LogP contribution >= 0.6 is 0 Å². The lowest BCUT2D eigenvalue weighted by atomic mass is 9.95. The molecule has 0 unspecified atom stereocenters. The Balaban J connectivity index is 1.33. The van der Waals surface area contributed by atoms with Crippen molar-refractivity contribution in [3.05, 3.63) is 58.0 Å². The summed E-state index contributed by atoms with van der Waals surface area (Å²) in [6.45, 7) is 4.85. The van der Waals surface area contributed by atoms with E-state index in [-0.39, 0.29) is 35.0 Å². The van der Waals surface area contributed by atoms with Crippen LogP contribution in [0.1, 0.15) is 78.6 Å². The predicted molar refractivity (Wildman–Crippen MR) is 139 cm³/mol. The number of pyridine rings is 1. The Morgan fingerprint density at radius 3 is 2.33 bits per heavy atom. The van der Waals surface area contributed by atoms with Gasteiger partial charge >= 0.3 is 0 Å². The van der Waals surface area contributed by atoms with E-state index in [9.17, 15) is 14.4 Å². The number of hydrogen-bond acceptors (Lipinski definition) is 5. The number of nitrogens with zero attached hydrogens (tertiary/aromatic N) is 3. The number of carbonyl (C=O) groups excluding carboxylic acids is 2. The zero-order valence-electron chi connectivity index (χ0n) is 21.1. The zero-order chi connectivity index (χ0) is 25.1. The molecule has 5 rings (SSSR count). The highest BCUT2D eigenvalue weighted by molar-refractivity contribution is 5.99. The number of piperazine rings is 1. The van der Waals surface area contributed by atoms with E-state index in [1.54, 1.807) is 17.3 Å². The molecule has 2 aliphatic carbocycles. The van der Waals surface area contributed by atoms with E-state index < -0.39 is 5.43 Å². The lowest BCUT2D eigenvalue weighted by Gasteiger charge is -2.36. The molecule has 2 aromatic rings. The minimum atomic E-state index is -0.464. The minimum absolute atomic E-state index is 0.0857. The first-order valence-electron chi connectivity index (χ1n) is 13.4. The molecule has 8 nitrogen and oxygen atoms in total. The van der Waals surface area contributed by atoms with Crippen LogP contribution in [0, 0.1) is 0 Å². The van der Waals surface area contributed by atoms with Crippen molar-refractivity contribution in [1.29, 1.82) is 0 Å². The van der Waals surface area contributed by atoms with Gasteiger partial charge in [-0.1, -0.05) is 31.4 Å². The molecule has 8 heteroatoms. The number of hydrogen-bond donors (Lipinski definition) is 1. The first kappa shape index (κ1) is 24.4. The number of anilines is 1. The average Bonchev–Trinajstić information content (AvgIpc) is 3.75. The van der Waals surface area contributed by atoms with Crippen LogP contribution in [-0.4, -0.2) is 60.1 Å².